The highest BCUT2D eigenvalue weighted by atomic mass is 79.9. The van der Waals surface area contributed by atoms with Crippen LogP contribution in [0.25, 0.3) is 0 Å². The second-order valence-electron chi connectivity index (χ2n) is 8.55. The van der Waals surface area contributed by atoms with Crippen LogP contribution in [0.2, 0.25) is 5.02 Å². The Bertz CT molecular complexity index is 1420. The van der Waals surface area contributed by atoms with Gasteiger partial charge in [0.05, 0.1) is 26.7 Å². The molecule has 2 atom stereocenters. The first-order chi connectivity index (χ1) is 16.8. The van der Waals surface area contributed by atoms with Gasteiger partial charge in [0, 0.05) is 17.3 Å². The summed E-state index contributed by atoms with van der Waals surface area (Å²) in [5, 5.41) is 5.43. The number of carbonyl (C=O) groups is 2. The van der Waals surface area contributed by atoms with Gasteiger partial charge in [-0.3, -0.25) is 9.59 Å². The molecule has 36 heavy (non-hydrogen) atoms. The molecule has 0 aromatic heterocycles. The zero-order valence-corrected chi connectivity index (χ0v) is 22.7. The lowest BCUT2D eigenvalue weighted by Crippen LogP contribution is -2.18. The highest BCUT2D eigenvalue weighted by Crippen LogP contribution is 2.65. The van der Waals surface area contributed by atoms with E-state index in [0.29, 0.717) is 11.3 Å². The van der Waals surface area contributed by atoms with E-state index in [-0.39, 0.29) is 32.0 Å². The third-order valence-corrected chi connectivity index (χ3v) is 7.91. The Morgan fingerprint density at radius 3 is 2.44 bits per heavy atom. The fourth-order valence-electron chi connectivity index (χ4n) is 4.04. The first-order valence-electron chi connectivity index (χ1n) is 10.6. The number of benzene rings is 3. The minimum absolute atomic E-state index is 0.0563. The van der Waals surface area contributed by atoms with E-state index in [0.717, 1.165) is 11.6 Å². The van der Waals surface area contributed by atoms with Crippen molar-refractivity contribution >= 4 is 79.6 Å². The minimum Gasteiger partial charge on any atom is -0.396 e. The standard InChI is InChI=1S/C25H19BrCl3F2N3O2/c1-10-7-14(21(31)15(26)8-10)19-20(25(19,28)29)24(36)33-12-3-4-16(27)13(9-12)23(35)34-18-6-5-17(30)22(32)11(18)2/h3-9,19-20H,32H2,1-2H3,(H,33,36)(H,34,35). The number of halogens is 6. The lowest BCUT2D eigenvalue weighted by atomic mass is 10.1. The summed E-state index contributed by atoms with van der Waals surface area (Å²) in [6.07, 6.45) is 0. The second kappa shape index (κ2) is 9.82. The summed E-state index contributed by atoms with van der Waals surface area (Å²) in [5.41, 5.74) is 7.61. The quantitative estimate of drug-likeness (QED) is 0.207. The largest absolute Gasteiger partial charge is 0.396 e. The van der Waals surface area contributed by atoms with Crippen LogP contribution >= 0.6 is 50.7 Å². The molecule has 188 valence electrons. The predicted molar refractivity (Wildman–Crippen MR) is 143 cm³/mol. The van der Waals surface area contributed by atoms with Crippen LogP contribution < -0.4 is 16.4 Å². The van der Waals surface area contributed by atoms with E-state index in [1.165, 1.54) is 24.3 Å². The van der Waals surface area contributed by atoms with Crippen molar-refractivity contribution in [3.63, 3.8) is 0 Å². The van der Waals surface area contributed by atoms with Crippen molar-refractivity contribution in [3.8, 4) is 0 Å². The summed E-state index contributed by atoms with van der Waals surface area (Å²) in [6, 6.07) is 10.1. The zero-order chi connectivity index (χ0) is 26.5. The molecule has 0 radical (unpaired) electrons. The highest BCUT2D eigenvalue weighted by molar-refractivity contribution is 9.10. The molecule has 0 aliphatic heterocycles. The number of nitrogen functional groups attached to an aromatic ring is 1. The average molecular weight is 618 g/mol. The van der Waals surface area contributed by atoms with Crippen LogP contribution in [-0.2, 0) is 4.79 Å². The topological polar surface area (TPSA) is 84.2 Å². The van der Waals surface area contributed by atoms with Crippen molar-refractivity contribution in [3.05, 3.63) is 85.8 Å². The van der Waals surface area contributed by atoms with Gasteiger partial charge in [0.2, 0.25) is 5.91 Å². The maximum Gasteiger partial charge on any atom is 0.257 e. The molecule has 0 heterocycles. The molecule has 2 amide bonds. The van der Waals surface area contributed by atoms with Crippen molar-refractivity contribution in [1.82, 2.24) is 0 Å². The fraction of sp³-hybridized carbons (Fsp3) is 0.200. The van der Waals surface area contributed by atoms with Crippen LogP contribution in [0.3, 0.4) is 0 Å². The Balaban J connectivity index is 1.54. The summed E-state index contributed by atoms with van der Waals surface area (Å²) < 4.78 is 27.1. The number of alkyl halides is 2. The third kappa shape index (κ3) is 4.92. The number of nitrogens with two attached hydrogens (primary N) is 1. The number of anilines is 3. The number of amides is 2. The molecule has 1 aliphatic rings. The Morgan fingerprint density at radius 2 is 1.75 bits per heavy atom. The molecule has 1 fully saturated rings. The van der Waals surface area contributed by atoms with Gasteiger partial charge in [-0.15, -0.1) is 23.2 Å². The smallest absolute Gasteiger partial charge is 0.257 e. The van der Waals surface area contributed by atoms with Crippen molar-refractivity contribution in [2.75, 3.05) is 16.4 Å². The number of nitrogens with one attached hydrogen (secondary N) is 2. The first kappa shape index (κ1) is 26.7. The zero-order valence-electron chi connectivity index (χ0n) is 18.9. The number of hydrogen-bond acceptors (Lipinski definition) is 3. The molecule has 4 N–H and O–H groups in total. The number of aryl methyl sites for hydroxylation is 1. The Kier molecular flexibility index (Phi) is 7.27. The van der Waals surface area contributed by atoms with Crippen LogP contribution in [0.15, 0.2) is 46.9 Å². The van der Waals surface area contributed by atoms with E-state index in [9.17, 15) is 18.4 Å². The van der Waals surface area contributed by atoms with Gasteiger partial charge in [-0.25, -0.2) is 8.78 Å². The summed E-state index contributed by atoms with van der Waals surface area (Å²) in [5.74, 6) is -3.96. The first-order valence-corrected chi connectivity index (χ1v) is 12.5. The molecule has 3 aromatic rings. The predicted octanol–water partition coefficient (Wildman–Crippen LogP) is 7.36. The van der Waals surface area contributed by atoms with E-state index in [1.54, 1.807) is 26.0 Å². The monoisotopic (exact) mass is 615 g/mol. The molecule has 1 aliphatic carbocycles. The minimum atomic E-state index is -1.51. The normalized spacial score (nSPS) is 18.0. The average Bonchev–Trinajstić information content (AvgIpc) is 3.39. The number of hydrogen-bond donors (Lipinski definition) is 3. The molecule has 0 spiro atoms. The van der Waals surface area contributed by atoms with Crippen LogP contribution in [-0.4, -0.2) is 16.1 Å². The number of carbonyl (C=O) groups excluding carboxylic acids is 2. The highest BCUT2D eigenvalue weighted by Gasteiger charge is 2.68. The number of rotatable bonds is 5. The Labute approximate surface area is 229 Å². The molecule has 0 bridgehead atoms. The van der Waals surface area contributed by atoms with Crippen LogP contribution in [0.5, 0.6) is 0 Å². The molecule has 3 aromatic carbocycles. The van der Waals surface area contributed by atoms with Crippen LogP contribution in [0.1, 0.15) is 33.0 Å². The van der Waals surface area contributed by atoms with Gasteiger partial charge in [0.25, 0.3) is 5.91 Å². The summed E-state index contributed by atoms with van der Waals surface area (Å²) in [6.45, 7) is 3.36. The molecular formula is C25H19BrCl3F2N3O2. The van der Waals surface area contributed by atoms with Gasteiger partial charge in [0.15, 0.2) is 0 Å². The summed E-state index contributed by atoms with van der Waals surface area (Å²) in [7, 11) is 0. The second-order valence-corrected chi connectivity index (χ2v) is 11.3. The molecule has 11 heteroatoms. The molecule has 4 rings (SSSR count). The molecule has 2 unspecified atom stereocenters. The van der Waals surface area contributed by atoms with E-state index in [4.69, 9.17) is 40.5 Å². The lowest BCUT2D eigenvalue weighted by molar-refractivity contribution is -0.117. The molecule has 1 saturated carbocycles. The Morgan fingerprint density at radius 1 is 1.06 bits per heavy atom. The van der Waals surface area contributed by atoms with Gasteiger partial charge in [-0.2, -0.15) is 0 Å². The third-order valence-electron chi connectivity index (χ3n) is 6.06. The van der Waals surface area contributed by atoms with E-state index in [2.05, 4.69) is 26.6 Å². The maximum absolute atomic E-state index is 14.7. The molecule has 5 nitrogen and oxygen atoms in total. The lowest BCUT2D eigenvalue weighted by Gasteiger charge is -2.13. The van der Waals surface area contributed by atoms with Gasteiger partial charge in [-0.05, 0) is 82.9 Å². The summed E-state index contributed by atoms with van der Waals surface area (Å²) in [4.78, 5) is 25.9. The summed E-state index contributed by atoms with van der Waals surface area (Å²) >= 11 is 22.1. The molecule has 0 saturated heterocycles. The van der Waals surface area contributed by atoms with Crippen molar-refractivity contribution in [2.45, 2.75) is 24.1 Å². The van der Waals surface area contributed by atoms with Crippen molar-refractivity contribution in [1.29, 1.82) is 0 Å². The fourth-order valence-corrected chi connectivity index (χ4v) is 5.64. The van der Waals surface area contributed by atoms with Crippen LogP contribution in [0, 0.1) is 31.4 Å². The maximum atomic E-state index is 14.7. The van der Waals surface area contributed by atoms with Gasteiger partial charge in [0.1, 0.15) is 16.0 Å². The van der Waals surface area contributed by atoms with Crippen LogP contribution in [0.4, 0.5) is 25.8 Å². The van der Waals surface area contributed by atoms with E-state index >= 15 is 0 Å². The van der Waals surface area contributed by atoms with Gasteiger partial charge < -0.3 is 16.4 Å². The van der Waals surface area contributed by atoms with E-state index in [1.807, 2.05) is 0 Å². The van der Waals surface area contributed by atoms with Crippen molar-refractivity contribution in [2.24, 2.45) is 5.92 Å². The SMILES string of the molecule is Cc1cc(Br)c(F)c(C2C(C(=O)Nc3ccc(Cl)c(C(=O)Nc4ccc(F)c(N)c4C)c3)C2(Cl)Cl)c1. The van der Waals surface area contributed by atoms with E-state index < -0.39 is 39.6 Å². The van der Waals surface area contributed by atoms with Gasteiger partial charge >= 0.3 is 0 Å². The molecular weight excluding hydrogens is 599 g/mol. The van der Waals surface area contributed by atoms with Gasteiger partial charge in [-0.1, -0.05) is 17.7 Å². The van der Waals surface area contributed by atoms with Crippen molar-refractivity contribution < 1.29 is 18.4 Å². The Hall–Kier alpha value is -2.39.